The monoisotopic (exact) mass is 489 g/mol. The number of tetrazole rings is 1. The summed E-state index contributed by atoms with van der Waals surface area (Å²) in [6.45, 7) is 3.01. The van der Waals surface area contributed by atoms with Crippen LogP contribution in [0.25, 0.3) is 5.69 Å². The van der Waals surface area contributed by atoms with Crippen LogP contribution in [0, 0.1) is 0 Å². The van der Waals surface area contributed by atoms with Crippen molar-refractivity contribution in [2.75, 3.05) is 40.3 Å². The average Bonchev–Trinajstić information content (AvgIpc) is 3.27. The molecule has 12 heteroatoms. The van der Waals surface area contributed by atoms with Crippen molar-refractivity contribution >= 4 is 27.5 Å². The van der Waals surface area contributed by atoms with Crippen molar-refractivity contribution < 1.29 is 13.2 Å². The maximum Gasteiger partial charge on any atom is 0.253 e. The van der Waals surface area contributed by atoms with Crippen LogP contribution in [0.3, 0.4) is 0 Å². The fourth-order valence-electron chi connectivity index (χ4n) is 3.56. The van der Waals surface area contributed by atoms with Gasteiger partial charge < -0.3 is 4.90 Å². The van der Waals surface area contributed by atoms with E-state index in [1.54, 1.807) is 33.8 Å². The summed E-state index contributed by atoms with van der Waals surface area (Å²) in [5, 5.41) is 12.7. The highest BCUT2D eigenvalue weighted by molar-refractivity contribution is 7.89. The maximum atomic E-state index is 12.9. The molecule has 174 valence electrons. The summed E-state index contributed by atoms with van der Waals surface area (Å²) in [4.78, 5) is 17.0. The van der Waals surface area contributed by atoms with Crippen LogP contribution in [0.4, 0.5) is 0 Å². The van der Waals surface area contributed by atoms with Crippen LogP contribution in [-0.4, -0.2) is 88.9 Å². The molecular formula is C21H24ClN7O3S. The van der Waals surface area contributed by atoms with E-state index in [4.69, 9.17) is 11.6 Å². The third kappa shape index (κ3) is 5.06. The number of benzene rings is 2. The normalized spacial score (nSPS) is 15.2. The largest absolute Gasteiger partial charge is 0.336 e. The molecule has 2 heterocycles. The summed E-state index contributed by atoms with van der Waals surface area (Å²) in [7, 11) is -0.577. The molecule has 1 aromatic heterocycles. The Hall–Kier alpha value is -2.86. The number of piperazine rings is 1. The van der Waals surface area contributed by atoms with Gasteiger partial charge in [0.1, 0.15) is 0 Å². The fourth-order valence-corrected chi connectivity index (χ4v) is 4.59. The molecule has 33 heavy (non-hydrogen) atoms. The molecule has 1 saturated heterocycles. The lowest BCUT2D eigenvalue weighted by Gasteiger charge is -2.34. The molecule has 4 rings (SSSR count). The molecule has 0 radical (unpaired) electrons. The molecule has 1 fully saturated rings. The molecule has 0 bridgehead atoms. The third-order valence-electron chi connectivity index (χ3n) is 5.51. The second-order valence-electron chi connectivity index (χ2n) is 7.86. The Kier molecular flexibility index (Phi) is 6.75. The summed E-state index contributed by atoms with van der Waals surface area (Å²) in [5.74, 6) is 0.587. The molecule has 10 nitrogen and oxygen atoms in total. The molecule has 0 aliphatic carbocycles. The van der Waals surface area contributed by atoms with Gasteiger partial charge in [-0.1, -0.05) is 11.6 Å². The molecule has 1 aliphatic rings. The van der Waals surface area contributed by atoms with Gasteiger partial charge in [-0.25, -0.2) is 12.7 Å². The molecule has 0 atom stereocenters. The van der Waals surface area contributed by atoms with E-state index >= 15 is 0 Å². The first-order valence-corrected chi connectivity index (χ1v) is 12.1. The first-order valence-electron chi connectivity index (χ1n) is 10.3. The van der Waals surface area contributed by atoms with Gasteiger partial charge in [-0.05, 0) is 59.0 Å². The van der Waals surface area contributed by atoms with Gasteiger partial charge in [-0.3, -0.25) is 9.69 Å². The Balaban J connectivity index is 1.36. The smallest absolute Gasteiger partial charge is 0.253 e. The second-order valence-corrected chi connectivity index (χ2v) is 10.5. The quantitative estimate of drug-likeness (QED) is 0.517. The van der Waals surface area contributed by atoms with E-state index in [9.17, 15) is 13.2 Å². The number of nitrogens with zero attached hydrogens (tertiary/aromatic N) is 7. The minimum atomic E-state index is -3.53. The Morgan fingerprint density at radius 2 is 1.64 bits per heavy atom. The molecule has 0 saturated carbocycles. The van der Waals surface area contributed by atoms with Crippen LogP contribution in [0.5, 0.6) is 0 Å². The Morgan fingerprint density at radius 3 is 2.24 bits per heavy atom. The van der Waals surface area contributed by atoms with Crippen LogP contribution >= 0.6 is 11.6 Å². The van der Waals surface area contributed by atoms with Gasteiger partial charge >= 0.3 is 0 Å². The summed E-state index contributed by atoms with van der Waals surface area (Å²) in [6.07, 6.45) is 0. The fraction of sp³-hybridized carbons (Fsp3) is 0.333. The van der Waals surface area contributed by atoms with Crippen molar-refractivity contribution in [2.24, 2.45) is 0 Å². The molecule has 1 amide bonds. The predicted molar refractivity (Wildman–Crippen MR) is 123 cm³/mol. The molecule has 0 spiro atoms. The SMILES string of the molecule is CN(C)S(=O)(=O)c1ccc(C(=O)N2CCN(Cc3nnnn3-c3ccc(Cl)cc3)CC2)cc1. The molecule has 3 aromatic rings. The third-order valence-corrected chi connectivity index (χ3v) is 7.59. The highest BCUT2D eigenvalue weighted by Gasteiger charge is 2.24. The lowest BCUT2D eigenvalue weighted by Crippen LogP contribution is -2.48. The first-order chi connectivity index (χ1) is 15.8. The predicted octanol–water partition coefficient (Wildman–Crippen LogP) is 1.52. The van der Waals surface area contributed by atoms with Crippen molar-refractivity contribution in [3.05, 3.63) is 64.9 Å². The number of halogens is 1. The Labute approximate surface area is 197 Å². The van der Waals surface area contributed by atoms with E-state index in [0.717, 1.165) is 9.99 Å². The number of hydrogen-bond donors (Lipinski definition) is 0. The summed E-state index contributed by atoms with van der Waals surface area (Å²) in [6, 6.07) is 13.3. The van der Waals surface area contributed by atoms with Crippen LogP contribution in [-0.2, 0) is 16.6 Å². The zero-order chi connectivity index (χ0) is 23.6. The zero-order valence-electron chi connectivity index (χ0n) is 18.3. The van der Waals surface area contributed by atoms with Crippen molar-refractivity contribution in [1.29, 1.82) is 0 Å². The van der Waals surface area contributed by atoms with Gasteiger partial charge in [-0.2, -0.15) is 4.68 Å². The van der Waals surface area contributed by atoms with Gasteiger partial charge in [0, 0.05) is 50.9 Å². The number of rotatable bonds is 6. The van der Waals surface area contributed by atoms with Crippen LogP contribution in [0.15, 0.2) is 53.4 Å². The van der Waals surface area contributed by atoms with Crippen LogP contribution in [0.2, 0.25) is 5.02 Å². The zero-order valence-corrected chi connectivity index (χ0v) is 19.9. The molecule has 0 N–H and O–H groups in total. The van der Waals surface area contributed by atoms with Gasteiger partial charge in [-0.15, -0.1) is 5.10 Å². The van der Waals surface area contributed by atoms with E-state index in [2.05, 4.69) is 20.4 Å². The number of carbonyl (C=O) groups is 1. The lowest BCUT2D eigenvalue weighted by molar-refractivity contribution is 0.0624. The lowest BCUT2D eigenvalue weighted by atomic mass is 10.2. The minimum Gasteiger partial charge on any atom is -0.336 e. The van der Waals surface area contributed by atoms with Gasteiger partial charge in [0.2, 0.25) is 10.0 Å². The minimum absolute atomic E-state index is 0.116. The number of hydrogen-bond acceptors (Lipinski definition) is 7. The second kappa shape index (κ2) is 9.56. The summed E-state index contributed by atoms with van der Waals surface area (Å²) >= 11 is 5.96. The molecule has 0 unspecified atom stereocenters. The van der Waals surface area contributed by atoms with Crippen molar-refractivity contribution in [2.45, 2.75) is 11.4 Å². The molecule has 2 aromatic carbocycles. The highest BCUT2D eigenvalue weighted by atomic mass is 35.5. The first kappa shape index (κ1) is 23.3. The number of sulfonamides is 1. The van der Waals surface area contributed by atoms with Gasteiger partial charge in [0.15, 0.2) is 5.82 Å². The van der Waals surface area contributed by atoms with E-state index in [-0.39, 0.29) is 10.8 Å². The van der Waals surface area contributed by atoms with Gasteiger partial charge in [0.05, 0.1) is 17.1 Å². The van der Waals surface area contributed by atoms with Crippen molar-refractivity contribution in [3.8, 4) is 5.69 Å². The van der Waals surface area contributed by atoms with E-state index < -0.39 is 10.0 Å². The maximum absolute atomic E-state index is 12.9. The standard InChI is InChI=1S/C21H24ClN7O3S/c1-26(2)33(31,32)19-9-3-16(4-10-19)21(30)28-13-11-27(12-14-28)15-20-23-24-25-29(20)18-7-5-17(22)6-8-18/h3-10H,11-15H2,1-2H3. The van der Waals surface area contributed by atoms with Crippen LogP contribution < -0.4 is 0 Å². The molecule has 1 aliphatic heterocycles. The Bertz CT molecular complexity index is 1220. The topological polar surface area (TPSA) is 105 Å². The number of carbonyl (C=O) groups excluding carboxylic acids is 1. The molecular weight excluding hydrogens is 466 g/mol. The highest BCUT2D eigenvalue weighted by Crippen LogP contribution is 2.17. The number of amides is 1. The summed E-state index contributed by atoms with van der Waals surface area (Å²) in [5.41, 5.74) is 1.29. The van der Waals surface area contributed by atoms with E-state index in [1.165, 1.54) is 26.2 Å². The summed E-state index contributed by atoms with van der Waals surface area (Å²) < 4.78 is 27.3. The van der Waals surface area contributed by atoms with Crippen LogP contribution in [0.1, 0.15) is 16.2 Å². The Morgan fingerprint density at radius 1 is 1.00 bits per heavy atom. The van der Waals surface area contributed by atoms with E-state index in [0.29, 0.717) is 49.1 Å². The van der Waals surface area contributed by atoms with Crippen molar-refractivity contribution in [3.63, 3.8) is 0 Å². The van der Waals surface area contributed by atoms with Gasteiger partial charge in [0.25, 0.3) is 5.91 Å². The number of aromatic nitrogens is 4. The van der Waals surface area contributed by atoms with Crippen molar-refractivity contribution in [1.82, 2.24) is 34.3 Å². The average molecular weight is 490 g/mol. The van der Waals surface area contributed by atoms with E-state index in [1.807, 2.05) is 12.1 Å².